The second kappa shape index (κ2) is 12.8. The molecular weight excluding hydrogens is 566 g/mol. The van der Waals surface area contributed by atoms with Crippen molar-refractivity contribution in [2.24, 2.45) is 5.92 Å². The second-order valence-corrected chi connectivity index (χ2v) is 17.9. The van der Waals surface area contributed by atoms with E-state index in [4.69, 9.17) is 12.6 Å². The first-order valence-corrected chi connectivity index (χ1v) is 18.7. The third-order valence-corrected chi connectivity index (χ3v) is 16.5. The van der Waals surface area contributed by atoms with Gasteiger partial charge in [-0.2, -0.15) is 12.6 Å². The van der Waals surface area contributed by atoms with Gasteiger partial charge in [0.05, 0.1) is 0 Å². The zero-order valence-corrected chi connectivity index (χ0v) is 26.9. The Kier molecular flexibility index (Phi) is 8.93. The molecule has 8 atom stereocenters. The molecule has 0 saturated heterocycles. The molecule has 0 saturated carbocycles. The van der Waals surface area contributed by atoms with E-state index in [1.54, 1.807) is 0 Å². The first kappa shape index (κ1) is 29.3. The molecule has 3 aromatic carbocycles. The summed E-state index contributed by atoms with van der Waals surface area (Å²) in [4.78, 5) is 0. The lowest BCUT2D eigenvalue weighted by Gasteiger charge is -2.42. The number of aryl methyl sites for hydroxylation is 1. The van der Waals surface area contributed by atoms with Gasteiger partial charge in [-0.3, -0.25) is 0 Å². The summed E-state index contributed by atoms with van der Waals surface area (Å²) in [6.45, 7) is 4.36. The van der Waals surface area contributed by atoms with E-state index in [9.17, 15) is 0 Å². The van der Waals surface area contributed by atoms with Crippen molar-refractivity contribution in [1.82, 2.24) is 0 Å². The van der Waals surface area contributed by atoms with Crippen molar-refractivity contribution in [2.75, 3.05) is 0 Å². The van der Waals surface area contributed by atoms with Crippen LogP contribution in [0.3, 0.4) is 0 Å². The molecule has 3 aliphatic rings. The normalized spacial score (nSPS) is 28.5. The van der Waals surface area contributed by atoms with Crippen molar-refractivity contribution in [3.8, 4) is 11.8 Å². The first-order chi connectivity index (χ1) is 20.5. The Morgan fingerprint density at radius 2 is 1.64 bits per heavy atom. The molecule has 0 heterocycles. The molecule has 0 fully saturated rings. The molecule has 0 aromatic heterocycles. The summed E-state index contributed by atoms with van der Waals surface area (Å²) in [6.07, 6.45) is 18.7. The number of thiol groups is 1. The number of benzene rings is 3. The summed E-state index contributed by atoms with van der Waals surface area (Å²) in [5, 5.41) is 4.16. The molecule has 1 nitrogen and oxygen atoms in total. The molecule has 0 spiro atoms. The summed E-state index contributed by atoms with van der Waals surface area (Å²) in [5.41, 5.74) is 2.59. The third-order valence-electron chi connectivity index (χ3n) is 9.03. The largest absolute Gasteiger partial charge is 0.322 e. The average molecular weight is 605 g/mol. The molecule has 0 amide bonds. The van der Waals surface area contributed by atoms with Gasteiger partial charge in [0.2, 0.25) is 0 Å². The van der Waals surface area contributed by atoms with Gasteiger partial charge in [0.25, 0.3) is 0 Å². The predicted molar refractivity (Wildman–Crippen MR) is 187 cm³/mol. The summed E-state index contributed by atoms with van der Waals surface area (Å²) < 4.78 is 15.5. The molecule has 0 aliphatic heterocycles. The smallest absolute Gasteiger partial charge is 0.109 e. The lowest BCUT2D eigenvalue weighted by molar-refractivity contribution is 0.530. The van der Waals surface area contributed by atoms with Gasteiger partial charge >= 0.3 is 0 Å². The van der Waals surface area contributed by atoms with Crippen LogP contribution in [0.4, 0.5) is 0 Å². The Labute approximate surface area is 258 Å². The van der Waals surface area contributed by atoms with Gasteiger partial charge in [0.15, 0.2) is 0 Å². The molecule has 3 aromatic rings. The van der Waals surface area contributed by atoms with Gasteiger partial charge in [-0.1, -0.05) is 140 Å². The van der Waals surface area contributed by atoms with Gasteiger partial charge in [-0.15, -0.1) is 0 Å². The highest BCUT2D eigenvalue weighted by atomic mass is 32.1. The molecule has 3 aliphatic carbocycles. The van der Waals surface area contributed by atoms with Crippen molar-refractivity contribution in [3.05, 3.63) is 139 Å². The molecule has 0 N–H and O–H groups in total. The summed E-state index contributed by atoms with van der Waals surface area (Å²) in [6, 6.07) is 28.8. The Hall–Kier alpha value is -2.81. The Bertz CT molecular complexity index is 1660. The molecular formula is C38H38OP2S. The van der Waals surface area contributed by atoms with Gasteiger partial charge in [0, 0.05) is 34.1 Å². The molecule has 6 unspecified atom stereocenters. The van der Waals surface area contributed by atoms with Gasteiger partial charge in [-0.25, -0.2) is 0 Å². The van der Waals surface area contributed by atoms with Gasteiger partial charge < -0.3 is 4.57 Å². The van der Waals surface area contributed by atoms with E-state index in [0.717, 1.165) is 12.8 Å². The fourth-order valence-corrected chi connectivity index (χ4v) is 14.0. The van der Waals surface area contributed by atoms with E-state index in [-0.39, 0.29) is 34.1 Å². The molecule has 0 bridgehead atoms. The maximum atomic E-state index is 15.5. The van der Waals surface area contributed by atoms with Crippen molar-refractivity contribution >= 4 is 43.6 Å². The number of allylic oxidation sites excluding steroid dienone is 7. The zero-order chi connectivity index (χ0) is 29.1. The highest BCUT2D eigenvalue weighted by Gasteiger charge is 2.47. The summed E-state index contributed by atoms with van der Waals surface area (Å²) in [5.74, 6) is 6.71. The van der Waals surface area contributed by atoms with E-state index in [0.29, 0.717) is 0 Å². The van der Waals surface area contributed by atoms with E-state index < -0.39 is 15.1 Å². The van der Waals surface area contributed by atoms with Gasteiger partial charge in [0.1, 0.15) is 7.14 Å². The van der Waals surface area contributed by atoms with E-state index >= 15 is 4.57 Å². The molecule has 4 heteroatoms. The Balaban J connectivity index is 1.38. The molecule has 0 radical (unpaired) electrons. The lowest BCUT2D eigenvalue weighted by Crippen LogP contribution is -2.33. The highest BCUT2D eigenvalue weighted by molar-refractivity contribution is 7.81. The summed E-state index contributed by atoms with van der Waals surface area (Å²) >= 11 is 5.09. The van der Waals surface area contributed by atoms with Crippen LogP contribution in [0.25, 0.3) is 0 Å². The second-order valence-electron chi connectivity index (χ2n) is 11.6. The zero-order valence-electron chi connectivity index (χ0n) is 24.3. The van der Waals surface area contributed by atoms with Gasteiger partial charge in [-0.05, 0) is 60.8 Å². The Morgan fingerprint density at radius 3 is 2.40 bits per heavy atom. The quantitative estimate of drug-likeness (QED) is 0.124. The minimum absolute atomic E-state index is 0.0142. The van der Waals surface area contributed by atoms with Crippen LogP contribution in [-0.4, -0.2) is 22.2 Å². The number of hydrogen-bond acceptors (Lipinski definition) is 2. The number of hydrogen-bond donors (Lipinski definition) is 1. The molecule has 212 valence electrons. The van der Waals surface area contributed by atoms with E-state index in [1.807, 2.05) is 6.08 Å². The topological polar surface area (TPSA) is 17.1 Å². The maximum absolute atomic E-state index is 15.5. The standard InChI is InChI=1S/C38H38OP2S/c1-28-14-9-11-22-36(28)40(31-17-5-3-6-18-31)32-19-13-16-30(26-32)35-27-34(24-25-38(35)42)41(39,33-20-7-4-8-21-33)37-23-12-10-15-29(37)2/h3-9,11-14,16-20,22-26,29,33-35,37-38,42H,21,27H2,1-2H3/t29?,33?,34-,35?,37-,38?,40?,41?/m0/s1. The van der Waals surface area contributed by atoms with Crippen LogP contribution in [0.1, 0.15) is 36.8 Å². The van der Waals surface area contributed by atoms with E-state index in [1.165, 1.54) is 27.0 Å². The maximum Gasteiger partial charge on any atom is 0.109 e. The SMILES string of the molecule is Cc1ccccc1P(c1ccccc1)c1cccc(C2C[C@@H](P(=O)(C3C=CC=CC3)[C@H]3C=CC#CC3C)C=CC2S)c1. The average Bonchev–Trinajstić information content (AvgIpc) is 3.03. The van der Waals surface area contributed by atoms with Crippen molar-refractivity contribution in [2.45, 2.75) is 54.8 Å². The monoisotopic (exact) mass is 604 g/mol. The summed E-state index contributed by atoms with van der Waals surface area (Å²) in [7, 11) is -3.48. The predicted octanol–water partition coefficient (Wildman–Crippen LogP) is 8.29. The lowest BCUT2D eigenvalue weighted by atomic mass is 9.87. The molecule has 6 rings (SSSR count). The van der Waals surface area contributed by atoms with Crippen LogP contribution in [0.5, 0.6) is 0 Å². The van der Waals surface area contributed by atoms with Crippen LogP contribution in [0.15, 0.2) is 127 Å². The van der Waals surface area contributed by atoms with Crippen LogP contribution in [-0.2, 0) is 4.57 Å². The highest BCUT2D eigenvalue weighted by Crippen LogP contribution is 2.66. The van der Waals surface area contributed by atoms with Crippen molar-refractivity contribution < 1.29 is 4.57 Å². The molecule has 42 heavy (non-hydrogen) atoms. The fraction of sp³-hybridized carbons (Fsp3) is 0.263. The fourth-order valence-electron chi connectivity index (χ4n) is 6.82. The number of rotatable bonds is 7. The third kappa shape index (κ3) is 5.73. The minimum atomic E-state index is -2.76. The van der Waals surface area contributed by atoms with Crippen LogP contribution in [0, 0.1) is 24.7 Å². The Morgan fingerprint density at radius 1 is 0.857 bits per heavy atom. The minimum Gasteiger partial charge on any atom is -0.322 e. The van der Waals surface area contributed by atoms with E-state index in [2.05, 4.69) is 147 Å². The van der Waals surface area contributed by atoms with Crippen LogP contribution < -0.4 is 15.9 Å². The first-order valence-electron chi connectivity index (χ1n) is 14.9. The van der Waals surface area contributed by atoms with Crippen LogP contribution >= 0.6 is 27.7 Å². The van der Waals surface area contributed by atoms with Crippen molar-refractivity contribution in [3.63, 3.8) is 0 Å². The van der Waals surface area contributed by atoms with Crippen molar-refractivity contribution in [1.29, 1.82) is 0 Å². The van der Waals surface area contributed by atoms with Crippen LogP contribution in [0.2, 0.25) is 0 Å².